The summed E-state index contributed by atoms with van der Waals surface area (Å²) in [7, 11) is 0. The molecular weight excluding hydrogens is 268 g/mol. The molecule has 1 aliphatic rings. The number of carbonyl (C=O) groups excluding carboxylic acids is 1. The van der Waals surface area contributed by atoms with Crippen molar-refractivity contribution >= 4 is 6.09 Å². The maximum Gasteiger partial charge on any atom is 0.410 e. The molecule has 1 atom stereocenters. The molecule has 0 radical (unpaired) electrons. The molecule has 0 aromatic heterocycles. The minimum absolute atomic E-state index is 0.0533. The maximum absolute atomic E-state index is 12.0. The Morgan fingerprint density at radius 2 is 1.86 bits per heavy atom. The number of ether oxygens (including phenoxy) is 1. The van der Waals surface area contributed by atoms with Crippen LogP contribution in [0.1, 0.15) is 53.9 Å². The second kappa shape index (κ2) is 7.45. The van der Waals surface area contributed by atoms with E-state index in [1.54, 1.807) is 4.90 Å². The van der Waals surface area contributed by atoms with E-state index < -0.39 is 5.60 Å². The first-order valence-electron chi connectivity index (χ1n) is 8.01. The highest BCUT2D eigenvalue weighted by Crippen LogP contribution is 2.20. The van der Waals surface area contributed by atoms with Gasteiger partial charge in [0.15, 0.2) is 0 Å². The first kappa shape index (κ1) is 18.2. The van der Waals surface area contributed by atoms with Crippen LogP contribution in [0.25, 0.3) is 0 Å². The number of amides is 1. The SMILES string of the molecule is CCC(C)(CO)CNC1CCN(C(=O)OC(C)(C)C)CC1. The van der Waals surface area contributed by atoms with Gasteiger partial charge < -0.3 is 20.1 Å². The number of aliphatic hydroxyl groups is 1. The molecular formula is C16H32N2O3. The lowest BCUT2D eigenvalue weighted by Crippen LogP contribution is -2.48. The van der Waals surface area contributed by atoms with Gasteiger partial charge in [0, 0.05) is 37.7 Å². The van der Waals surface area contributed by atoms with E-state index in [0.717, 1.165) is 38.9 Å². The zero-order valence-electron chi connectivity index (χ0n) is 14.2. The zero-order chi connectivity index (χ0) is 16.1. The summed E-state index contributed by atoms with van der Waals surface area (Å²) < 4.78 is 5.39. The number of carbonyl (C=O) groups is 1. The van der Waals surface area contributed by atoms with Crippen LogP contribution in [0.2, 0.25) is 0 Å². The van der Waals surface area contributed by atoms with E-state index in [9.17, 15) is 9.90 Å². The number of hydrogen-bond donors (Lipinski definition) is 2. The molecule has 1 heterocycles. The molecule has 5 heteroatoms. The Bertz CT molecular complexity index is 327. The van der Waals surface area contributed by atoms with E-state index in [0.29, 0.717) is 6.04 Å². The highest BCUT2D eigenvalue weighted by Gasteiger charge is 2.28. The number of hydrogen-bond acceptors (Lipinski definition) is 4. The molecule has 5 nitrogen and oxygen atoms in total. The van der Waals surface area contributed by atoms with Crippen molar-refractivity contribution < 1.29 is 14.6 Å². The first-order valence-corrected chi connectivity index (χ1v) is 8.01. The van der Waals surface area contributed by atoms with Crippen LogP contribution in [0.15, 0.2) is 0 Å². The van der Waals surface area contributed by atoms with Crippen LogP contribution in [0.3, 0.4) is 0 Å². The number of nitrogens with one attached hydrogen (secondary N) is 1. The van der Waals surface area contributed by atoms with Crippen LogP contribution in [0.5, 0.6) is 0 Å². The molecule has 21 heavy (non-hydrogen) atoms. The Labute approximate surface area is 129 Å². The molecule has 0 aromatic carbocycles. The molecule has 0 bridgehead atoms. The molecule has 2 N–H and O–H groups in total. The largest absolute Gasteiger partial charge is 0.444 e. The summed E-state index contributed by atoms with van der Waals surface area (Å²) >= 11 is 0. The minimum atomic E-state index is -0.434. The van der Waals surface area contributed by atoms with Crippen LogP contribution in [-0.4, -0.2) is 54.0 Å². The van der Waals surface area contributed by atoms with Gasteiger partial charge in [0.05, 0.1) is 0 Å². The normalized spacial score (nSPS) is 20.2. The van der Waals surface area contributed by atoms with E-state index in [-0.39, 0.29) is 18.1 Å². The number of aliphatic hydroxyl groups excluding tert-OH is 1. The predicted octanol–water partition coefficient (Wildman–Crippen LogP) is 2.38. The molecule has 0 saturated carbocycles. The molecule has 1 fully saturated rings. The quantitative estimate of drug-likeness (QED) is 0.818. The second-order valence-corrected chi connectivity index (χ2v) is 7.44. The summed E-state index contributed by atoms with van der Waals surface area (Å²) in [5.41, 5.74) is -0.488. The average Bonchev–Trinajstić information content (AvgIpc) is 2.43. The molecule has 0 aromatic rings. The Balaban J connectivity index is 2.34. The fourth-order valence-corrected chi connectivity index (χ4v) is 2.28. The van der Waals surface area contributed by atoms with Crippen LogP contribution >= 0.6 is 0 Å². The number of piperidine rings is 1. The minimum Gasteiger partial charge on any atom is -0.444 e. The lowest BCUT2D eigenvalue weighted by Gasteiger charge is -2.35. The fourth-order valence-electron chi connectivity index (χ4n) is 2.28. The number of likely N-dealkylation sites (tertiary alicyclic amines) is 1. The van der Waals surface area contributed by atoms with Crippen molar-refractivity contribution in [3.8, 4) is 0 Å². The summed E-state index contributed by atoms with van der Waals surface area (Å²) in [5, 5.41) is 13.0. The smallest absolute Gasteiger partial charge is 0.410 e. The van der Waals surface area contributed by atoms with Gasteiger partial charge in [-0.3, -0.25) is 0 Å². The number of rotatable bonds is 5. The molecule has 0 spiro atoms. The predicted molar refractivity (Wildman–Crippen MR) is 84.3 cm³/mol. The van der Waals surface area contributed by atoms with Crippen LogP contribution in [0, 0.1) is 5.41 Å². The van der Waals surface area contributed by atoms with Gasteiger partial charge in [-0.25, -0.2) is 4.79 Å². The monoisotopic (exact) mass is 300 g/mol. The van der Waals surface area contributed by atoms with Gasteiger partial charge in [-0.2, -0.15) is 0 Å². The molecule has 1 saturated heterocycles. The first-order chi connectivity index (χ1) is 9.69. The van der Waals surface area contributed by atoms with Gasteiger partial charge in [-0.15, -0.1) is 0 Å². The van der Waals surface area contributed by atoms with Gasteiger partial charge in [0.25, 0.3) is 0 Å². The third kappa shape index (κ3) is 6.22. The number of nitrogens with zero attached hydrogens (tertiary/aromatic N) is 1. The maximum atomic E-state index is 12.0. The summed E-state index contributed by atoms with van der Waals surface area (Å²) in [6.45, 7) is 12.3. The van der Waals surface area contributed by atoms with Crippen molar-refractivity contribution in [1.29, 1.82) is 0 Å². The third-order valence-corrected chi connectivity index (χ3v) is 4.20. The molecule has 1 rings (SSSR count). The standard InChI is InChI=1S/C16H32N2O3/c1-6-16(5,12-19)11-17-13-7-9-18(10-8-13)14(20)21-15(2,3)4/h13,17,19H,6-12H2,1-5H3. The Hall–Kier alpha value is -0.810. The average molecular weight is 300 g/mol. The van der Waals surface area contributed by atoms with Crippen molar-refractivity contribution in [3.63, 3.8) is 0 Å². The summed E-state index contributed by atoms with van der Waals surface area (Å²) in [6, 6.07) is 0.418. The summed E-state index contributed by atoms with van der Waals surface area (Å²) in [4.78, 5) is 13.8. The summed E-state index contributed by atoms with van der Waals surface area (Å²) in [6.07, 6.45) is 2.61. The third-order valence-electron chi connectivity index (χ3n) is 4.20. The lowest BCUT2D eigenvalue weighted by atomic mass is 9.88. The van der Waals surface area contributed by atoms with E-state index in [1.165, 1.54) is 0 Å². The van der Waals surface area contributed by atoms with Gasteiger partial charge in [0.2, 0.25) is 0 Å². The van der Waals surface area contributed by atoms with E-state index in [2.05, 4.69) is 19.2 Å². The zero-order valence-corrected chi connectivity index (χ0v) is 14.2. The van der Waals surface area contributed by atoms with Crippen LogP contribution in [-0.2, 0) is 4.74 Å². The van der Waals surface area contributed by atoms with E-state index >= 15 is 0 Å². The van der Waals surface area contributed by atoms with Crippen molar-refractivity contribution in [1.82, 2.24) is 10.2 Å². The van der Waals surface area contributed by atoms with Crippen molar-refractivity contribution in [2.45, 2.75) is 65.5 Å². The van der Waals surface area contributed by atoms with Crippen molar-refractivity contribution in [2.75, 3.05) is 26.2 Å². The molecule has 1 unspecified atom stereocenters. The van der Waals surface area contributed by atoms with Gasteiger partial charge in [-0.1, -0.05) is 13.8 Å². The lowest BCUT2D eigenvalue weighted by molar-refractivity contribution is 0.0193. The van der Waals surface area contributed by atoms with Crippen LogP contribution < -0.4 is 5.32 Å². The van der Waals surface area contributed by atoms with E-state index in [1.807, 2.05) is 20.8 Å². The highest BCUT2D eigenvalue weighted by atomic mass is 16.6. The topological polar surface area (TPSA) is 61.8 Å². The molecule has 124 valence electrons. The van der Waals surface area contributed by atoms with Gasteiger partial charge >= 0.3 is 6.09 Å². The fraction of sp³-hybridized carbons (Fsp3) is 0.938. The van der Waals surface area contributed by atoms with E-state index in [4.69, 9.17) is 4.74 Å². The molecule has 1 aliphatic heterocycles. The van der Waals surface area contributed by atoms with Crippen LogP contribution in [0.4, 0.5) is 4.79 Å². The van der Waals surface area contributed by atoms with Crippen molar-refractivity contribution in [2.24, 2.45) is 5.41 Å². The van der Waals surface area contributed by atoms with Gasteiger partial charge in [0.1, 0.15) is 5.60 Å². The highest BCUT2D eigenvalue weighted by molar-refractivity contribution is 5.68. The Morgan fingerprint density at radius 1 is 1.29 bits per heavy atom. The summed E-state index contributed by atoms with van der Waals surface area (Å²) in [5.74, 6) is 0. The van der Waals surface area contributed by atoms with Gasteiger partial charge in [-0.05, 0) is 40.0 Å². The molecule has 1 amide bonds. The Morgan fingerprint density at radius 3 is 2.29 bits per heavy atom. The Kier molecular flexibility index (Phi) is 6.47. The van der Waals surface area contributed by atoms with Crippen molar-refractivity contribution in [3.05, 3.63) is 0 Å². The second-order valence-electron chi connectivity index (χ2n) is 7.44. The molecule has 0 aliphatic carbocycles.